The van der Waals surface area contributed by atoms with E-state index in [1.165, 1.54) is 18.5 Å². The van der Waals surface area contributed by atoms with Crippen molar-refractivity contribution in [3.05, 3.63) is 39.9 Å². The molecule has 0 saturated heterocycles. The van der Waals surface area contributed by atoms with Crippen molar-refractivity contribution in [2.24, 2.45) is 5.92 Å². The summed E-state index contributed by atoms with van der Waals surface area (Å²) in [5.74, 6) is 1.41. The highest BCUT2D eigenvalue weighted by Gasteiger charge is 2.13. The number of hydrogen-bond donors (Lipinski definition) is 0. The van der Waals surface area contributed by atoms with Gasteiger partial charge in [0.15, 0.2) is 12.1 Å². The molecule has 0 radical (unpaired) electrons. The number of benzene rings is 1. The van der Waals surface area contributed by atoms with E-state index < -0.39 is 0 Å². The highest BCUT2D eigenvalue weighted by atomic mass is 35.5. The second kappa shape index (κ2) is 6.91. The molecule has 0 fully saturated rings. The minimum absolute atomic E-state index is 0.176. The fourth-order valence-corrected chi connectivity index (χ4v) is 2.42. The Hall–Kier alpha value is -1.59. The number of hydrogen-bond acceptors (Lipinski definition) is 4. The fourth-order valence-electron chi connectivity index (χ4n) is 1.86. The maximum atomic E-state index is 11.1. The van der Waals surface area contributed by atoms with Crippen molar-refractivity contribution in [2.75, 3.05) is 0 Å². The van der Waals surface area contributed by atoms with Gasteiger partial charge >= 0.3 is 0 Å². The van der Waals surface area contributed by atoms with Crippen molar-refractivity contribution < 1.29 is 9.53 Å². The molecule has 21 heavy (non-hydrogen) atoms. The van der Waals surface area contributed by atoms with Crippen molar-refractivity contribution >= 4 is 29.5 Å². The Kier molecular flexibility index (Phi) is 5.20. The average Bonchev–Trinajstić information content (AvgIpc) is 2.83. The molecule has 0 bridgehead atoms. The molecule has 2 rings (SSSR count). The molecule has 1 heterocycles. The Balaban J connectivity index is 2.17. The van der Waals surface area contributed by atoms with Gasteiger partial charge in [-0.15, -0.1) is 0 Å². The van der Waals surface area contributed by atoms with Gasteiger partial charge in [0.1, 0.15) is 18.7 Å². The first-order valence-electron chi connectivity index (χ1n) is 6.45. The van der Waals surface area contributed by atoms with Crippen LogP contribution in [0.25, 0.3) is 0 Å². The number of carbonyl (C=O) groups excluding carboxylic acids is 1. The zero-order valence-corrected chi connectivity index (χ0v) is 13.2. The van der Waals surface area contributed by atoms with Gasteiger partial charge in [0.25, 0.3) is 0 Å². The average molecular weight is 328 g/mol. The first-order valence-corrected chi connectivity index (χ1v) is 7.20. The Morgan fingerprint density at radius 3 is 2.81 bits per heavy atom. The maximum absolute atomic E-state index is 11.1. The summed E-state index contributed by atoms with van der Waals surface area (Å²) in [5, 5.41) is 4.83. The molecule has 0 aliphatic rings. The van der Waals surface area contributed by atoms with Gasteiger partial charge in [0, 0.05) is 11.6 Å². The van der Waals surface area contributed by atoms with Crippen LogP contribution in [-0.4, -0.2) is 21.1 Å². The topological polar surface area (TPSA) is 57.0 Å². The monoisotopic (exact) mass is 327 g/mol. The minimum Gasteiger partial charge on any atom is -0.483 e. The van der Waals surface area contributed by atoms with Gasteiger partial charge in [-0.2, -0.15) is 5.10 Å². The molecule has 1 aromatic heterocycles. The van der Waals surface area contributed by atoms with E-state index in [0.29, 0.717) is 39.4 Å². The lowest BCUT2D eigenvalue weighted by molar-refractivity contribution is 0.111. The van der Waals surface area contributed by atoms with Crippen LogP contribution in [0.3, 0.4) is 0 Å². The molecule has 7 heteroatoms. The number of nitrogens with zero attached hydrogens (tertiary/aromatic N) is 3. The molecule has 1 aromatic carbocycles. The first kappa shape index (κ1) is 15.8. The van der Waals surface area contributed by atoms with E-state index in [-0.39, 0.29) is 6.61 Å². The van der Waals surface area contributed by atoms with E-state index in [0.717, 1.165) is 6.54 Å². The van der Waals surface area contributed by atoms with Gasteiger partial charge in [0.05, 0.1) is 10.6 Å². The van der Waals surface area contributed by atoms with Crippen molar-refractivity contribution in [2.45, 2.75) is 27.0 Å². The van der Waals surface area contributed by atoms with Crippen molar-refractivity contribution in [1.29, 1.82) is 0 Å². The van der Waals surface area contributed by atoms with Crippen molar-refractivity contribution in [3.8, 4) is 5.75 Å². The predicted molar refractivity (Wildman–Crippen MR) is 81.0 cm³/mol. The summed E-state index contributed by atoms with van der Waals surface area (Å²) in [7, 11) is 0. The van der Waals surface area contributed by atoms with Gasteiger partial charge < -0.3 is 4.74 Å². The molecule has 0 spiro atoms. The Morgan fingerprint density at radius 2 is 2.14 bits per heavy atom. The van der Waals surface area contributed by atoms with Crippen LogP contribution in [0, 0.1) is 5.92 Å². The van der Waals surface area contributed by atoms with E-state index in [4.69, 9.17) is 27.9 Å². The minimum atomic E-state index is 0.176. The van der Waals surface area contributed by atoms with E-state index in [1.807, 2.05) is 0 Å². The molecular weight excluding hydrogens is 313 g/mol. The molecule has 0 amide bonds. The lowest BCUT2D eigenvalue weighted by Gasteiger charge is -2.12. The van der Waals surface area contributed by atoms with E-state index in [1.54, 1.807) is 4.68 Å². The lowest BCUT2D eigenvalue weighted by atomic mass is 10.2. The van der Waals surface area contributed by atoms with Gasteiger partial charge in [-0.3, -0.25) is 4.79 Å². The largest absolute Gasteiger partial charge is 0.483 e. The Bertz CT molecular complexity index is 641. The fraction of sp³-hybridized carbons (Fsp3) is 0.357. The third-order valence-electron chi connectivity index (χ3n) is 2.74. The Morgan fingerprint density at radius 1 is 1.38 bits per heavy atom. The quantitative estimate of drug-likeness (QED) is 0.760. The number of halogens is 2. The van der Waals surface area contributed by atoms with Gasteiger partial charge in [-0.1, -0.05) is 37.0 Å². The van der Waals surface area contributed by atoms with Gasteiger partial charge in [-0.05, 0) is 18.1 Å². The van der Waals surface area contributed by atoms with E-state index in [2.05, 4.69) is 23.9 Å². The summed E-state index contributed by atoms with van der Waals surface area (Å²) in [6.45, 7) is 5.10. The summed E-state index contributed by atoms with van der Waals surface area (Å²) in [6, 6.07) is 3.04. The summed E-state index contributed by atoms with van der Waals surface area (Å²) < 4.78 is 7.41. The number of aromatic nitrogens is 3. The van der Waals surface area contributed by atoms with Gasteiger partial charge in [-0.25, -0.2) is 9.67 Å². The number of ether oxygens (including phenoxy) is 1. The first-order chi connectivity index (χ1) is 10.0. The van der Waals surface area contributed by atoms with Crippen LogP contribution in [-0.2, 0) is 13.2 Å². The van der Waals surface area contributed by atoms with Crippen molar-refractivity contribution in [1.82, 2.24) is 14.8 Å². The summed E-state index contributed by atoms with van der Waals surface area (Å²) >= 11 is 11.9. The summed E-state index contributed by atoms with van der Waals surface area (Å²) in [4.78, 5) is 15.2. The molecular formula is C14H15Cl2N3O2. The second-order valence-corrected chi connectivity index (χ2v) is 5.81. The molecule has 0 unspecified atom stereocenters. The highest BCUT2D eigenvalue weighted by molar-refractivity contribution is 6.36. The molecule has 0 aliphatic heterocycles. The van der Waals surface area contributed by atoms with E-state index >= 15 is 0 Å². The molecule has 5 nitrogen and oxygen atoms in total. The number of carbonyl (C=O) groups is 1. The zero-order chi connectivity index (χ0) is 15.4. The molecule has 0 aliphatic carbocycles. The normalized spacial score (nSPS) is 10.9. The molecule has 0 N–H and O–H groups in total. The van der Waals surface area contributed by atoms with Gasteiger partial charge in [0.2, 0.25) is 0 Å². The van der Waals surface area contributed by atoms with Crippen LogP contribution in [0.5, 0.6) is 5.75 Å². The third kappa shape index (κ3) is 3.95. The maximum Gasteiger partial charge on any atom is 0.164 e. The van der Waals surface area contributed by atoms with Crippen LogP contribution < -0.4 is 4.74 Å². The van der Waals surface area contributed by atoms with E-state index in [9.17, 15) is 4.79 Å². The smallest absolute Gasteiger partial charge is 0.164 e. The second-order valence-electron chi connectivity index (χ2n) is 4.96. The van der Waals surface area contributed by atoms with Crippen LogP contribution in [0.2, 0.25) is 10.0 Å². The molecule has 0 atom stereocenters. The van der Waals surface area contributed by atoms with Crippen LogP contribution >= 0.6 is 23.2 Å². The molecule has 0 saturated carbocycles. The highest BCUT2D eigenvalue weighted by Crippen LogP contribution is 2.31. The summed E-state index contributed by atoms with van der Waals surface area (Å²) in [5.41, 5.74) is 0.308. The summed E-state index contributed by atoms with van der Waals surface area (Å²) in [6.07, 6.45) is 2.14. The number of rotatable bonds is 6. The third-order valence-corrected chi connectivity index (χ3v) is 3.24. The van der Waals surface area contributed by atoms with Crippen LogP contribution in [0.15, 0.2) is 18.5 Å². The van der Waals surface area contributed by atoms with Crippen molar-refractivity contribution in [3.63, 3.8) is 0 Å². The lowest BCUT2D eigenvalue weighted by Crippen LogP contribution is -2.12. The Labute approximate surface area is 132 Å². The molecule has 112 valence electrons. The van der Waals surface area contributed by atoms with Crippen LogP contribution in [0.1, 0.15) is 30.0 Å². The zero-order valence-electron chi connectivity index (χ0n) is 11.7. The SMILES string of the molecule is CC(C)Cn1ncnc1COc1c(Cl)cc(Cl)cc1C=O. The standard InChI is InChI=1S/C14H15Cl2N3O2/c1-9(2)5-19-13(17-8-18-19)7-21-14-10(6-20)3-11(15)4-12(14)16/h3-4,6,8-9H,5,7H2,1-2H3. The molecule has 2 aromatic rings. The predicted octanol–water partition coefficient (Wildman–Crippen LogP) is 3.63. The van der Waals surface area contributed by atoms with Crippen LogP contribution in [0.4, 0.5) is 0 Å². The number of aldehydes is 1.